The van der Waals surface area contributed by atoms with Crippen LogP contribution in [0.5, 0.6) is 0 Å². The van der Waals surface area contributed by atoms with Crippen molar-refractivity contribution < 1.29 is 8.83 Å². The van der Waals surface area contributed by atoms with Crippen LogP contribution in [0.1, 0.15) is 17.6 Å². The van der Waals surface area contributed by atoms with E-state index in [0.29, 0.717) is 16.2 Å². The summed E-state index contributed by atoms with van der Waals surface area (Å²) in [4.78, 5) is 0. The Morgan fingerprint density at radius 3 is 2.50 bits per heavy atom. The molecule has 0 saturated carbocycles. The number of furan rings is 2. The van der Waals surface area contributed by atoms with Gasteiger partial charge in [0.1, 0.15) is 23.1 Å². The predicted molar refractivity (Wildman–Crippen MR) is 76.4 cm³/mol. The van der Waals surface area contributed by atoms with Gasteiger partial charge in [-0.1, -0.05) is 12.1 Å². The zero-order chi connectivity index (χ0) is 12.7. The second kappa shape index (κ2) is 4.57. The molecular weight excluding hydrogens is 362 g/mol. The van der Waals surface area contributed by atoms with E-state index in [1.807, 2.05) is 36.4 Å². The van der Waals surface area contributed by atoms with Crippen LogP contribution >= 0.6 is 31.9 Å². The summed E-state index contributed by atoms with van der Waals surface area (Å²) in [5.74, 6) is 1.34. The van der Waals surface area contributed by atoms with Crippen LogP contribution in [-0.2, 0) is 0 Å². The van der Waals surface area contributed by atoms with E-state index < -0.39 is 6.04 Å². The van der Waals surface area contributed by atoms with Gasteiger partial charge in [-0.05, 0) is 56.1 Å². The van der Waals surface area contributed by atoms with Crippen LogP contribution < -0.4 is 5.73 Å². The summed E-state index contributed by atoms with van der Waals surface area (Å²) in [5.41, 5.74) is 6.92. The van der Waals surface area contributed by atoms with Gasteiger partial charge in [0, 0.05) is 5.39 Å². The first-order valence-electron chi connectivity index (χ1n) is 5.34. The summed E-state index contributed by atoms with van der Waals surface area (Å²) in [5, 5.41) is 1.01. The van der Waals surface area contributed by atoms with Gasteiger partial charge in [-0.15, -0.1) is 0 Å². The fourth-order valence-electron chi connectivity index (χ4n) is 1.84. The van der Waals surface area contributed by atoms with E-state index in [2.05, 4.69) is 31.9 Å². The van der Waals surface area contributed by atoms with Gasteiger partial charge >= 0.3 is 0 Å². The largest absolute Gasteiger partial charge is 0.458 e. The van der Waals surface area contributed by atoms with Gasteiger partial charge in [-0.25, -0.2) is 0 Å². The zero-order valence-electron chi connectivity index (χ0n) is 9.19. The Morgan fingerprint density at radius 2 is 1.83 bits per heavy atom. The van der Waals surface area contributed by atoms with E-state index in [1.54, 1.807) is 0 Å². The third-order valence-corrected chi connectivity index (χ3v) is 3.77. The fraction of sp³-hybridized carbons (Fsp3) is 0.0769. The molecule has 18 heavy (non-hydrogen) atoms. The molecule has 5 heteroatoms. The van der Waals surface area contributed by atoms with Gasteiger partial charge < -0.3 is 14.6 Å². The standard InChI is InChI=1S/C13H9Br2NO2/c14-8-3-1-2-7-6-10(18-13(7)8)12(16)9-4-5-11(15)17-9/h1-6,12H,16H2. The van der Waals surface area contributed by atoms with Crippen molar-refractivity contribution in [2.45, 2.75) is 6.04 Å². The van der Waals surface area contributed by atoms with E-state index in [1.165, 1.54) is 0 Å². The molecule has 1 unspecified atom stereocenters. The van der Waals surface area contributed by atoms with Gasteiger partial charge in [-0.2, -0.15) is 0 Å². The smallest absolute Gasteiger partial charge is 0.169 e. The second-order valence-electron chi connectivity index (χ2n) is 3.93. The van der Waals surface area contributed by atoms with Crippen molar-refractivity contribution in [2.75, 3.05) is 0 Å². The van der Waals surface area contributed by atoms with Crippen molar-refractivity contribution in [1.29, 1.82) is 0 Å². The highest BCUT2D eigenvalue weighted by Gasteiger charge is 2.18. The normalized spacial score (nSPS) is 13.1. The predicted octanol–water partition coefficient (Wildman–Crippen LogP) is 4.60. The molecule has 0 spiro atoms. The van der Waals surface area contributed by atoms with Crippen molar-refractivity contribution in [2.24, 2.45) is 5.73 Å². The molecule has 3 nitrogen and oxygen atoms in total. The van der Waals surface area contributed by atoms with Crippen LogP contribution in [0, 0.1) is 0 Å². The summed E-state index contributed by atoms with van der Waals surface area (Å²) < 4.78 is 12.8. The molecule has 0 aliphatic heterocycles. The molecule has 0 radical (unpaired) electrons. The van der Waals surface area contributed by atoms with Gasteiger partial charge in [0.15, 0.2) is 4.67 Å². The van der Waals surface area contributed by atoms with Crippen LogP contribution in [0.3, 0.4) is 0 Å². The topological polar surface area (TPSA) is 52.3 Å². The van der Waals surface area contributed by atoms with Crippen molar-refractivity contribution in [3.8, 4) is 0 Å². The minimum atomic E-state index is -0.407. The van der Waals surface area contributed by atoms with Crippen LogP contribution in [0.15, 0.2) is 54.4 Å². The molecule has 92 valence electrons. The van der Waals surface area contributed by atoms with E-state index >= 15 is 0 Å². The Morgan fingerprint density at radius 1 is 1.00 bits per heavy atom. The number of halogens is 2. The van der Waals surface area contributed by atoms with Crippen LogP contribution in [0.4, 0.5) is 0 Å². The molecule has 2 N–H and O–H groups in total. The average molecular weight is 371 g/mol. The maximum absolute atomic E-state index is 6.12. The molecule has 0 amide bonds. The summed E-state index contributed by atoms with van der Waals surface area (Å²) in [7, 11) is 0. The number of fused-ring (bicyclic) bond motifs is 1. The summed E-state index contributed by atoms with van der Waals surface area (Å²) in [6.07, 6.45) is 0. The minimum Gasteiger partial charge on any atom is -0.458 e. The van der Waals surface area contributed by atoms with Crippen molar-refractivity contribution in [1.82, 2.24) is 0 Å². The first-order chi connectivity index (χ1) is 8.65. The molecule has 3 rings (SSSR count). The third kappa shape index (κ3) is 2.02. The van der Waals surface area contributed by atoms with Gasteiger partial charge in [-0.3, -0.25) is 0 Å². The number of hydrogen-bond acceptors (Lipinski definition) is 3. The van der Waals surface area contributed by atoms with Crippen molar-refractivity contribution in [3.63, 3.8) is 0 Å². The zero-order valence-corrected chi connectivity index (χ0v) is 12.4. The molecule has 0 bridgehead atoms. The SMILES string of the molecule is NC(c1ccc(Br)o1)c1cc2cccc(Br)c2o1. The van der Waals surface area contributed by atoms with E-state index in [4.69, 9.17) is 14.6 Å². The highest BCUT2D eigenvalue weighted by molar-refractivity contribution is 9.10. The molecule has 2 heterocycles. The van der Waals surface area contributed by atoms with Crippen molar-refractivity contribution >= 4 is 42.8 Å². The molecule has 1 atom stereocenters. The molecule has 0 fully saturated rings. The summed E-state index contributed by atoms with van der Waals surface area (Å²) in [6.45, 7) is 0. The molecule has 1 aromatic carbocycles. The van der Waals surface area contributed by atoms with Crippen LogP contribution in [-0.4, -0.2) is 0 Å². The Balaban J connectivity index is 2.06. The number of para-hydroxylation sites is 1. The number of benzene rings is 1. The molecule has 3 aromatic rings. The van der Waals surface area contributed by atoms with E-state index in [9.17, 15) is 0 Å². The van der Waals surface area contributed by atoms with Crippen LogP contribution in [0.25, 0.3) is 11.0 Å². The highest BCUT2D eigenvalue weighted by Crippen LogP contribution is 2.32. The second-order valence-corrected chi connectivity index (χ2v) is 5.56. The lowest BCUT2D eigenvalue weighted by atomic mass is 10.1. The van der Waals surface area contributed by atoms with Gasteiger partial charge in [0.05, 0.1) is 4.47 Å². The minimum absolute atomic E-state index is 0.407. The molecule has 0 saturated heterocycles. The first-order valence-corrected chi connectivity index (χ1v) is 6.92. The quantitative estimate of drug-likeness (QED) is 0.717. The highest BCUT2D eigenvalue weighted by atomic mass is 79.9. The third-order valence-electron chi connectivity index (χ3n) is 2.72. The first kappa shape index (κ1) is 12.0. The Bertz CT molecular complexity index is 702. The van der Waals surface area contributed by atoms with E-state index in [0.717, 1.165) is 15.4 Å². The summed E-state index contributed by atoms with van der Waals surface area (Å²) in [6, 6.07) is 11.0. The monoisotopic (exact) mass is 369 g/mol. The lowest BCUT2D eigenvalue weighted by molar-refractivity contribution is 0.433. The Labute approximate surface area is 120 Å². The maximum atomic E-state index is 6.12. The molecule has 0 aliphatic rings. The van der Waals surface area contributed by atoms with Gasteiger partial charge in [0.2, 0.25) is 0 Å². The number of nitrogens with two attached hydrogens (primary N) is 1. The van der Waals surface area contributed by atoms with E-state index in [-0.39, 0.29) is 0 Å². The Hall–Kier alpha value is -1.04. The van der Waals surface area contributed by atoms with Gasteiger partial charge in [0.25, 0.3) is 0 Å². The fourth-order valence-corrected chi connectivity index (χ4v) is 2.62. The molecular formula is C13H9Br2NO2. The number of rotatable bonds is 2. The summed E-state index contributed by atoms with van der Waals surface area (Å²) >= 11 is 6.71. The molecule has 2 aromatic heterocycles. The van der Waals surface area contributed by atoms with Crippen LogP contribution in [0.2, 0.25) is 0 Å². The lowest BCUT2D eigenvalue weighted by Crippen LogP contribution is -2.09. The van der Waals surface area contributed by atoms with Crippen molar-refractivity contribution in [3.05, 3.63) is 57.1 Å². The maximum Gasteiger partial charge on any atom is 0.169 e. The average Bonchev–Trinajstić information content (AvgIpc) is 2.95. The lowest BCUT2D eigenvalue weighted by Gasteiger charge is -2.03. The molecule has 0 aliphatic carbocycles. The number of hydrogen-bond donors (Lipinski definition) is 1. The Kier molecular flexibility index (Phi) is 3.05.